The second kappa shape index (κ2) is 6.74. The first-order valence-corrected chi connectivity index (χ1v) is 6.01. The maximum absolute atomic E-state index is 10.2. The van der Waals surface area contributed by atoms with Crippen LogP contribution in [0, 0.1) is 6.92 Å². The molecule has 0 aliphatic rings. The minimum Gasteiger partial charge on any atom is -0.389 e. The van der Waals surface area contributed by atoms with Gasteiger partial charge in [-0.3, -0.25) is 0 Å². The molecule has 0 spiro atoms. The summed E-state index contributed by atoms with van der Waals surface area (Å²) in [5.74, 6) is 0. The summed E-state index contributed by atoms with van der Waals surface area (Å²) >= 11 is 0. The van der Waals surface area contributed by atoms with E-state index >= 15 is 0 Å². The summed E-state index contributed by atoms with van der Waals surface area (Å²) in [6.07, 6.45) is 0.660. The van der Waals surface area contributed by atoms with Crippen LogP contribution in [0.2, 0.25) is 0 Å². The molecule has 0 amide bonds. The molecular weight excluding hydrogens is 214 g/mol. The molecule has 0 aliphatic heterocycles. The predicted octanol–water partition coefficient (Wildman–Crippen LogP) is 1.52. The maximum Gasteiger partial charge on any atom is 0.0783 e. The van der Waals surface area contributed by atoms with E-state index in [4.69, 9.17) is 4.74 Å². The van der Waals surface area contributed by atoms with Crippen molar-refractivity contribution in [2.45, 2.75) is 25.9 Å². The van der Waals surface area contributed by atoms with E-state index in [-0.39, 0.29) is 0 Å². The second-order valence-corrected chi connectivity index (χ2v) is 4.83. The van der Waals surface area contributed by atoms with Crippen molar-refractivity contribution in [3.8, 4) is 0 Å². The van der Waals surface area contributed by atoms with E-state index in [2.05, 4.69) is 36.5 Å². The van der Waals surface area contributed by atoms with Crippen LogP contribution in [0.25, 0.3) is 0 Å². The van der Waals surface area contributed by atoms with Crippen LogP contribution in [0.1, 0.15) is 18.1 Å². The fraction of sp³-hybridized carbons (Fsp3) is 0.571. The Bertz CT molecular complexity index is 319. The number of nitrogens with one attached hydrogen (secondary N) is 1. The number of ether oxygens (including phenoxy) is 1. The molecule has 3 heteroatoms. The van der Waals surface area contributed by atoms with Crippen molar-refractivity contribution in [3.63, 3.8) is 0 Å². The van der Waals surface area contributed by atoms with Gasteiger partial charge in [-0.1, -0.05) is 29.8 Å². The third-order valence-corrected chi connectivity index (χ3v) is 2.69. The van der Waals surface area contributed by atoms with Crippen molar-refractivity contribution in [2.24, 2.45) is 0 Å². The lowest BCUT2D eigenvalue weighted by atomic mass is 9.96. The number of rotatable bonds is 7. The molecule has 2 N–H and O–H groups in total. The summed E-state index contributed by atoms with van der Waals surface area (Å²) in [7, 11) is 1.67. The molecule has 0 aliphatic carbocycles. The molecule has 0 fully saturated rings. The van der Waals surface area contributed by atoms with Crippen LogP contribution < -0.4 is 5.32 Å². The van der Waals surface area contributed by atoms with Gasteiger partial charge in [0.25, 0.3) is 0 Å². The lowest BCUT2D eigenvalue weighted by molar-refractivity contribution is 0.0581. The topological polar surface area (TPSA) is 41.5 Å². The number of aliphatic hydroxyl groups is 1. The molecule has 96 valence electrons. The molecule has 0 bridgehead atoms. The Labute approximate surface area is 104 Å². The number of methoxy groups -OCH3 is 1. The zero-order valence-electron chi connectivity index (χ0n) is 11.0. The van der Waals surface area contributed by atoms with Crippen molar-refractivity contribution in [1.29, 1.82) is 0 Å². The largest absolute Gasteiger partial charge is 0.389 e. The van der Waals surface area contributed by atoms with Gasteiger partial charge in [-0.15, -0.1) is 0 Å². The zero-order chi connectivity index (χ0) is 12.7. The van der Waals surface area contributed by atoms with E-state index in [0.717, 1.165) is 12.1 Å². The van der Waals surface area contributed by atoms with Gasteiger partial charge in [0.05, 0.1) is 12.2 Å². The summed E-state index contributed by atoms with van der Waals surface area (Å²) in [5.41, 5.74) is 1.68. The van der Waals surface area contributed by atoms with E-state index in [1.54, 1.807) is 7.11 Å². The fourth-order valence-electron chi connectivity index (χ4n) is 1.74. The van der Waals surface area contributed by atoms with Crippen LogP contribution in [-0.4, -0.2) is 37.5 Å². The summed E-state index contributed by atoms with van der Waals surface area (Å²) in [5, 5.41) is 13.4. The highest BCUT2D eigenvalue weighted by Gasteiger charge is 2.20. The predicted molar refractivity (Wildman–Crippen MR) is 70.3 cm³/mol. The Morgan fingerprint density at radius 2 is 1.94 bits per heavy atom. The average molecular weight is 237 g/mol. The molecule has 17 heavy (non-hydrogen) atoms. The van der Waals surface area contributed by atoms with E-state index in [9.17, 15) is 5.11 Å². The maximum atomic E-state index is 10.2. The Morgan fingerprint density at radius 1 is 1.29 bits per heavy atom. The lowest BCUT2D eigenvalue weighted by Gasteiger charge is -2.24. The van der Waals surface area contributed by atoms with Gasteiger partial charge in [-0.2, -0.15) is 0 Å². The number of aryl methyl sites for hydroxylation is 1. The second-order valence-electron chi connectivity index (χ2n) is 4.83. The van der Waals surface area contributed by atoms with Crippen LogP contribution >= 0.6 is 0 Å². The quantitative estimate of drug-likeness (QED) is 0.707. The molecule has 0 saturated heterocycles. The average Bonchev–Trinajstić information content (AvgIpc) is 2.27. The van der Waals surface area contributed by atoms with Crippen molar-refractivity contribution in [2.75, 3.05) is 26.8 Å². The van der Waals surface area contributed by atoms with Crippen LogP contribution in [-0.2, 0) is 11.2 Å². The fourth-order valence-corrected chi connectivity index (χ4v) is 1.74. The Hall–Kier alpha value is -0.900. The van der Waals surface area contributed by atoms with Crippen molar-refractivity contribution in [1.82, 2.24) is 5.32 Å². The van der Waals surface area contributed by atoms with Crippen LogP contribution in [0.4, 0.5) is 0 Å². The highest BCUT2D eigenvalue weighted by molar-refractivity contribution is 5.22. The van der Waals surface area contributed by atoms with Gasteiger partial charge in [0, 0.05) is 26.6 Å². The van der Waals surface area contributed by atoms with Crippen molar-refractivity contribution < 1.29 is 9.84 Å². The van der Waals surface area contributed by atoms with Gasteiger partial charge in [-0.25, -0.2) is 0 Å². The molecule has 0 aromatic heterocycles. The molecule has 1 atom stereocenters. The first kappa shape index (κ1) is 14.2. The van der Waals surface area contributed by atoms with Gasteiger partial charge < -0.3 is 15.2 Å². The van der Waals surface area contributed by atoms with Gasteiger partial charge in [0.15, 0.2) is 0 Å². The van der Waals surface area contributed by atoms with Gasteiger partial charge >= 0.3 is 0 Å². The summed E-state index contributed by atoms with van der Waals surface area (Å²) < 4.78 is 4.94. The number of benzene rings is 1. The molecule has 1 aromatic rings. The third-order valence-electron chi connectivity index (χ3n) is 2.69. The first-order chi connectivity index (χ1) is 8.03. The minimum absolute atomic E-state index is 0.574. The minimum atomic E-state index is -0.719. The van der Waals surface area contributed by atoms with Crippen molar-refractivity contribution in [3.05, 3.63) is 35.4 Å². The SMILES string of the molecule is COCCNCC(C)(O)Cc1ccc(C)cc1. The summed E-state index contributed by atoms with van der Waals surface area (Å²) in [6.45, 7) is 5.92. The van der Waals surface area contributed by atoms with Crippen LogP contribution in [0.15, 0.2) is 24.3 Å². The molecule has 3 nitrogen and oxygen atoms in total. The van der Waals surface area contributed by atoms with Gasteiger partial charge in [0.2, 0.25) is 0 Å². The van der Waals surface area contributed by atoms with Crippen LogP contribution in [0.3, 0.4) is 0 Å². The molecule has 1 unspecified atom stereocenters. The van der Waals surface area contributed by atoms with Gasteiger partial charge in [-0.05, 0) is 19.4 Å². The molecule has 0 radical (unpaired) electrons. The normalized spacial score (nSPS) is 14.6. The third kappa shape index (κ3) is 5.82. The van der Waals surface area contributed by atoms with E-state index in [1.807, 2.05) is 6.92 Å². The van der Waals surface area contributed by atoms with E-state index in [1.165, 1.54) is 5.56 Å². The molecular formula is C14H23NO2. The Balaban J connectivity index is 2.40. The van der Waals surface area contributed by atoms with Gasteiger partial charge in [0.1, 0.15) is 0 Å². The van der Waals surface area contributed by atoms with E-state index < -0.39 is 5.60 Å². The number of hydrogen-bond acceptors (Lipinski definition) is 3. The Morgan fingerprint density at radius 3 is 2.53 bits per heavy atom. The molecule has 0 heterocycles. The lowest BCUT2D eigenvalue weighted by Crippen LogP contribution is -2.40. The highest BCUT2D eigenvalue weighted by atomic mass is 16.5. The smallest absolute Gasteiger partial charge is 0.0783 e. The zero-order valence-corrected chi connectivity index (χ0v) is 11.0. The first-order valence-electron chi connectivity index (χ1n) is 6.01. The van der Waals surface area contributed by atoms with Crippen LogP contribution in [0.5, 0.6) is 0 Å². The van der Waals surface area contributed by atoms with Crippen molar-refractivity contribution >= 4 is 0 Å². The standard InChI is InChI=1S/C14H23NO2/c1-12-4-6-13(7-5-12)10-14(2,16)11-15-8-9-17-3/h4-7,15-16H,8-11H2,1-3H3. The summed E-state index contributed by atoms with van der Waals surface area (Å²) in [6, 6.07) is 8.28. The molecule has 1 rings (SSSR count). The van der Waals surface area contributed by atoms with E-state index in [0.29, 0.717) is 19.6 Å². The Kier molecular flexibility index (Phi) is 5.62. The molecule has 0 saturated carbocycles. The summed E-state index contributed by atoms with van der Waals surface area (Å²) in [4.78, 5) is 0. The number of hydrogen-bond donors (Lipinski definition) is 2. The molecule has 1 aromatic carbocycles. The highest BCUT2D eigenvalue weighted by Crippen LogP contribution is 2.13. The monoisotopic (exact) mass is 237 g/mol.